The van der Waals surface area contributed by atoms with E-state index in [9.17, 15) is 18.0 Å². The van der Waals surface area contributed by atoms with Gasteiger partial charge in [-0.2, -0.15) is 0 Å². The van der Waals surface area contributed by atoms with Gasteiger partial charge in [0.2, 0.25) is 5.75 Å². The van der Waals surface area contributed by atoms with Gasteiger partial charge >= 0.3 is 5.97 Å². The zero-order valence-electron chi connectivity index (χ0n) is 15.3. The Balaban J connectivity index is 1.70. The lowest BCUT2D eigenvalue weighted by Gasteiger charge is -2.28. The lowest BCUT2D eigenvalue weighted by atomic mass is 9.77. The third-order valence-electron chi connectivity index (χ3n) is 5.33. The molecule has 0 atom stereocenters. The van der Waals surface area contributed by atoms with Crippen LogP contribution in [0.2, 0.25) is 0 Å². The minimum absolute atomic E-state index is 0.0708. The Morgan fingerprint density at radius 3 is 2.26 bits per heavy atom. The normalized spacial score (nSPS) is 19.7. The van der Waals surface area contributed by atoms with E-state index in [-0.39, 0.29) is 11.5 Å². The molecular weight excluding hydrogens is 353 g/mol. The largest absolute Gasteiger partial charge is 0.417 e. The molecule has 2 aromatic rings. The zero-order chi connectivity index (χ0) is 19.4. The predicted octanol–water partition coefficient (Wildman–Crippen LogP) is 6.40. The summed E-state index contributed by atoms with van der Waals surface area (Å²) < 4.78 is 46.6. The first-order valence-electron chi connectivity index (χ1n) is 9.45. The molecule has 0 aromatic heterocycles. The van der Waals surface area contributed by atoms with E-state index in [0.717, 1.165) is 49.8 Å². The van der Waals surface area contributed by atoms with E-state index in [0.29, 0.717) is 5.56 Å². The van der Waals surface area contributed by atoms with Crippen LogP contribution in [0.1, 0.15) is 67.3 Å². The summed E-state index contributed by atoms with van der Waals surface area (Å²) in [6, 6.07) is 7.29. The van der Waals surface area contributed by atoms with Crippen LogP contribution in [-0.2, 0) is 0 Å². The molecule has 1 aliphatic carbocycles. The van der Waals surface area contributed by atoms with Crippen LogP contribution in [0.15, 0.2) is 36.4 Å². The Morgan fingerprint density at radius 1 is 1.00 bits per heavy atom. The molecule has 0 heterocycles. The number of para-hydroxylation sites is 1. The molecule has 2 aromatic carbocycles. The van der Waals surface area contributed by atoms with Crippen LogP contribution < -0.4 is 4.74 Å². The van der Waals surface area contributed by atoms with Crippen molar-refractivity contribution in [1.82, 2.24) is 0 Å². The Morgan fingerprint density at radius 2 is 1.67 bits per heavy atom. The Kier molecular flexibility index (Phi) is 6.19. The summed E-state index contributed by atoms with van der Waals surface area (Å²) in [6.45, 7) is 2.18. The number of benzene rings is 2. The molecule has 3 rings (SSSR count). The van der Waals surface area contributed by atoms with E-state index < -0.39 is 29.2 Å². The van der Waals surface area contributed by atoms with E-state index in [4.69, 9.17) is 4.74 Å². The SMILES string of the molecule is CCCC1CCC(c2ccc(C(=O)Oc3c(F)cccc3F)cc2F)CC1. The van der Waals surface area contributed by atoms with E-state index >= 15 is 0 Å². The molecule has 2 nitrogen and oxygen atoms in total. The van der Waals surface area contributed by atoms with Gasteiger partial charge in [-0.25, -0.2) is 18.0 Å². The lowest BCUT2D eigenvalue weighted by molar-refractivity contribution is 0.0719. The van der Waals surface area contributed by atoms with Gasteiger partial charge in [0.05, 0.1) is 5.56 Å². The average molecular weight is 376 g/mol. The molecule has 1 fully saturated rings. The second-order valence-electron chi connectivity index (χ2n) is 7.18. The molecule has 144 valence electrons. The molecule has 1 saturated carbocycles. The number of rotatable bonds is 5. The quantitative estimate of drug-likeness (QED) is 0.446. The average Bonchev–Trinajstić information content (AvgIpc) is 2.66. The van der Waals surface area contributed by atoms with Gasteiger partial charge in [0.25, 0.3) is 0 Å². The van der Waals surface area contributed by atoms with Crippen LogP contribution in [0.4, 0.5) is 13.2 Å². The Hall–Kier alpha value is -2.30. The first-order valence-corrected chi connectivity index (χ1v) is 9.45. The van der Waals surface area contributed by atoms with Gasteiger partial charge < -0.3 is 4.74 Å². The molecule has 0 saturated heterocycles. The van der Waals surface area contributed by atoms with Gasteiger partial charge in [0.15, 0.2) is 11.6 Å². The number of hydrogen-bond donors (Lipinski definition) is 0. The highest BCUT2D eigenvalue weighted by atomic mass is 19.1. The van der Waals surface area contributed by atoms with Gasteiger partial charge in [-0.3, -0.25) is 0 Å². The standard InChI is InChI=1S/C22H23F3O2/c1-2-4-14-7-9-15(10-8-14)17-12-11-16(13-20(17)25)22(26)27-21-18(23)5-3-6-19(21)24/h3,5-6,11-15H,2,4,7-10H2,1H3. The maximum absolute atomic E-state index is 14.6. The molecule has 0 unspecified atom stereocenters. The molecule has 0 N–H and O–H groups in total. The third-order valence-corrected chi connectivity index (χ3v) is 5.33. The molecule has 0 bridgehead atoms. The number of hydrogen-bond acceptors (Lipinski definition) is 2. The maximum Gasteiger partial charge on any atom is 0.343 e. The van der Waals surface area contributed by atoms with Crippen LogP contribution in [0.3, 0.4) is 0 Å². The van der Waals surface area contributed by atoms with Crippen molar-refractivity contribution in [3.63, 3.8) is 0 Å². The number of carbonyl (C=O) groups is 1. The van der Waals surface area contributed by atoms with Crippen molar-refractivity contribution >= 4 is 5.97 Å². The van der Waals surface area contributed by atoms with E-state index in [2.05, 4.69) is 6.92 Å². The predicted molar refractivity (Wildman–Crippen MR) is 97.3 cm³/mol. The minimum Gasteiger partial charge on any atom is -0.417 e. The zero-order valence-corrected chi connectivity index (χ0v) is 15.3. The van der Waals surface area contributed by atoms with Gasteiger partial charge in [-0.05, 0) is 67.3 Å². The summed E-state index contributed by atoms with van der Waals surface area (Å²) in [4.78, 5) is 12.2. The van der Waals surface area contributed by atoms with Crippen molar-refractivity contribution in [3.8, 4) is 5.75 Å². The lowest BCUT2D eigenvalue weighted by Crippen LogP contribution is -2.15. The highest BCUT2D eigenvalue weighted by molar-refractivity contribution is 5.91. The van der Waals surface area contributed by atoms with Crippen molar-refractivity contribution in [1.29, 1.82) is 0 Å². The molecule has 0 radical (unpaired) electrons. The van der Waals surface area contributed by atoms with Crippen molar-refractivity contribution in [3.05, 3.63) is 65.0 Å². The fourth-order valence-corrected chi connectivity index (χ4v) is 3.89. The van der Waals surface area contributed by atoms with Crippen LogP contribution in [0, 0.1) is 23.4 Å². The number of halogens is 3. The molecule has 27 heavy (non-hydrogen) atoms. The van der Waals surface area contributed by atoms with Crippen LogP contribution in [0.5, 0.6) is 5.75 Å². The van der Waals surface area contributed by atoms with E-state index in [1.807, 2.05) is 0 Å². The van der Waals surface area contributed by atoms with Crippen molar-refractivity contribution in [2.75, 3.05) is 0 Å². The monoisotopic (exact) mass is 376 g/mol. The fraction of sp³-hybridized carbons (Fsp3) is 0.409. The molecule has 0 aliphatic heterocycles. The topological polar surface area (TPSA) is 26.3 Å². The second kappa shape index (κ2) is 8.59. The second-order valence-corrected chi connectivity index (χ2v) is 7.18. The van der Waals surface area contributed by atoms with Crippen molar-refractivity contribution in [2.45, 2.75) is 51.4 Å². The third kappa shape index (κ3) is 4.52. The first kappa shape index (κ1) is 19.5. The summed E-state index contributed by atoms with van der Waals surface area (Å²) in [5.41, 5.74) is 0.525. The van der Waals surface area contributed by atoms with Gasteiger partial charge in [-0.15, -0.1) is 0 Å². The van der Waals surface area contributed by atoms with E-state index in [1.54, 1.807) is 6.07 Å². The fourth-order valence-electron chi connectivity index (χ4n) is 3.89. The minimum atomic E-state index is -0.990. The Labute approximate surface area is 157 Å². The highest BCUT2D eigenvalue weighted by Crippen LogP contribution is 2.38. The maximum atomic E-state index is 14.6. The first-order chi connectivity index (χ1) is 13.0. The summed E-state index contributed by atoms with van der Waals surface area (Å²) in [5, 5.41) is 0. The smallest absolute Gasteiger partial charge is 0.343 e. The number of ether oxygens (including phenoxy) is 1. The molecule has 5 heteroatoms. The van der Waals surface area contributed by atoms with Crippen LogP contribution in [0.25, 0.3) is 0 Å². The van der Waals surface area contributed by atoms with Gasteiger partial charge in [-0.1, -0.05) is 31.9 Å². The molecular formula is C22H23F3O2. The van der Waals surface area contributed by atoms with Crippen molar-refractivity contribution in [2.24, 2.45) is 5.92 Å². The summed E-state index contributed by atoms with van der Waals surface area (Å²) in [5.74, 6) is -3.34. The van der Waals surface area contributed by atoms with Crippen LogP contribution in [-0.4, -0.2) is 5.97 Å². The number of carbonyl (C=O) groups excluding carboxylic acids is 1. The molecule has 0 amide bonds. The van der Waals surface area contributed by atoms with Gasteiger partial charge in [0.1, 0.15) is 5.82 Å². The number of esters is 1. The van der Waals surface area contributed by atoms with Gasteiger partial charge in [0, 0.05) is 0 Å². The molecule has 0 spiro atoms. The summed E-state index contributed by atoms with van der Waals surface area (Å²) >= 11 is 0. The van der Waals surface area contributed by atoms with Crippen molar-refractivity contribution < 1.29 is 22.7 Å². The van der Waals surface area contributed by atoms with Crippen LogP contribution >= 0.6 is 0 Å². The highest BCUT2D eigenvalue weighted by Gasteiger charge is 2.25. The Bertz CT molecular complexity index is 791. The summed E-state index contributed by atoms with van der Waals surface area (Å²) in [7, 11) is 0. The van der Waals surface area contributed by atoms with E-state index in [1.165, 1.54) is 25.0 Å². The molecule has 1 aliphatic rings. The summed E-state index contributed by atoms with van der Waals surface area (Å²) in [6.07, 6.45) is 6.44.